The van der Waals surface area contributed by atoms with Crippen LogP contribution in [0, 0.1) is 5.92 Å². The smallest absolute Gasteiger partial charge is 0.137 e. The molecule has 0 aliphatic heterocycles. The van der Waals surface area contributed by atoms with Crippen LogP contribution in [0.25, 0.3) is 0 Å². The molecule has 1 aromatic rings. The van der Waals surface area contributed by atoms with E-state index in [2.05, 4.69) is 53.9 Å². The highest BCUT2D eigenvalue weighted by molar-refractivity contribution is 9.10. The maximum Gasteiger partial charge on any atom is 0.137 e. The SMILES string of the molecule is CCC1CCCCC1Nc1cc(Br)nc(C(C)(C)C)n1. The third-order valence-corrected chi connectivity index (χ3v) is 4.54. The quantitative estimate of drug-likeness (QED) is 0.794. The molecule has 4 heteroatoms. The molecule has 0 spiro atoms. The third-order valence-electron chi connectivity index (χ3n) is 4.13. The number of rotatable bonds is 3. The molecule has 0 saturated heterocycles. The van der Waals surface area contributed by atoms with Crippen LogP contribution in [0.15, 0.2) is 10.7 Å². The van der Waals surface area contributed by atoms with E-state index >= 15 is 0 Å². The average molecular weight is 340 g/mol. The predicted octanol–water partition coefficient (Wildman–Crippen LogP) is 4.92. The molecule has 0 amide bonds. The first kappa shape index (κ1) is 15.7. The molecule has 112 valence electrons. The first-order chi connectivity index (χ1) is 9.40. The van der Waals surface area contributed by atoms with Gasteiger partial charge in [-0.15, -0.1) is 0 Å². The molecule has 1 aliphatic carbocycles. The second-order valence-corrected chi connectivity index (χ2v) is 7.67. The van der Waals surface area contributed by atoms with Crippen LogP contribution in [0.1, 0.15) is 65.6 Å². The van der Waals surface area contributed by atoms with E-state index < -0.39 is 0 Å². The van der Waals surface area contributed by atoms with E-state index in [1.807, 2.05) is 6.07 Å². The summed E-state index contributed by atoms with van der Waals surface area (Å²) in [5.74, 6) is 2.62. The molecule has 2 atom stereocenters. The first-order valence-electron chi connectivity index (χ1n) is 7.71. The van der Waals surface area contributed by atoms with Crippen LogP contribution in [0.5, 0.6) is 0 Å². The van der Waals surface area contributed by atoms with Crippen molar-refractivity contribution >= 4 is 21.7 Å². The van der Waals surface area contributed by atoms with Crippen molar-refractivity contribution in [3.8, 4) is 0 Å². The van der Waals surface area contributed by atoms with Crippen molar-refractivity contribution in [1.29, 1.82) is 0 Å². The Morgan fingerprint density at radius 2 is 1.95 bits per heavy atom. The molecule has 1 N–H and O–H groups in total. The summed E-state index contributed by atoms with van der Waals surface area (Å²) in [6.45, 7) is 8.73. The van der Waals surface area contributed by atoms with E-state index in [9.17, 15) is 0 Å². The zero-order chi connectivity index (χ0) is 14.8. The number of halogens is 1. The minimum Gasteiger partial charge on any atom is -0.367 e. The normalized spacial score (nSPS) is 23.6. The molecule has 2 rings (SSSR count). The van der Waals surface area contributed by atoms with Gasteiger partial charge in [0.15, 0.2) is 0 Å². The highest BCUT2D eigenvalue weighted by Gasteiger charge is 2.25. The van der Waals surface area contributed by atoms with E-state index in [0.717, 1.165) is 22.2 Å². The van der Waals surface area contributed by atoms with Crippen LogP contribution in [-0.4, -0.2) is 16.0 Å². The van der Waals surface area contributed by atoms with Crippen LogP contribution in [0.4, 0.5) is 5.82 Å². The molecular weight excluding hydrogens is 314 g/mol. The van der Waals surface area contributed by atoms with E-state index in [-0.39, 0.29) is 5.41 Å². The molecule has 20 heavy (non-hydrogen) atoms. The van der Waals surface area contributed by atoms with Gasteiger partial charge in [-0.25, -0.2) is 9.97 Å². The van der Waals surface area contributed by atoms with Crippen molar-refractivity contribution in [2.75, 3.05) is 5.32 Å². The van der Waals surface area contributed by atoms with Gasteiger partial charge < -0.3 is 5.32 Å². The molecule has 1 aromatic heterocycles. The summed E-state index contributed by atoms with van der Waals surface area (Å²) in [4.78, 5) is 9.22. The zero-order valence-corrected chi connectivity index (χ0v) is 14.6. The Morgan fingerprint density at radius 3 is 2.60 bits per heavy atom. The zero-order valence-electron chi connectivity index (χ0n) is 13.0. The topological polar surface area (TPSA) is 37.8 Å². The molecular formula is C16H26BrN3. The number of aromatic nitrogens is 2. The molecule has 1 saturated carbocycles. The molecule has 0 radical (unpaired) electrons. The molecule has 1 fully saturated rings. The number of hydrogen-bond acceptors (Lipinski definition) is 3. The summed E-state index contributed by atoms with van der Waals surface area (Å²) < 4.78 is 0.865. The van der Waals surface area contributed by atoms with Crippen molar-refractivity contribution in [2.24, 2.45) is 5.92 Å². The Kier molecular flexibility index (Phi) is 5.05. The first-order valence-corrected chi connectivity index (χ1v) is 8.51. The summed E-state index contributed by atoms with van der Waals surface area (Å²) in [5, 5.41) is 3.65. The van der Waals surface area contributed by atoms with Crippen LogP contribution >= 0.6 is 15.9 Å². The Morgan fingerprint density at radius 1 is 1.25 bits per heavy atom. The maximum absolute atomic E-state index is 4.72. The van der Waals surface area contributed by atoms with Gasteiger partial charge >= 0.3 is 0 Å². The van der Waals surface area contributed by atoms with Gasteiger partial charge in [-0.05, 0) is 34.7 Å². The van der Waals surface area contributed by atoms with Crippen molar-refractivity contribution < 1.29 is 0 Å². The van der Waals surface area contributed by atoms with Gasteiger partial charge in [0.1, 0.15) is 16.2 Å². The molecule has 2 unspecified atom stereocenters. The summed E-state index contributed by atoms with van der Waals surface area (Å²) in [7, 11) is 0. The molecule has 1 aliphatic rings. The number of nitrogens with zero attached hydrogens (tertiary/aromatic N) is 2. The highest BCUT2D eigenvalue weighted by Crippen LogP contribution is 2.30. The van der Waals surface area contributed by atoms with Gasteiger partial charge in [0.2, 0.25) is 0 Å². The summed E-state index contributed by atoms with van der Waals surface area (Å²) in [5.41, 5.74) is -0.0308. The van der Waals surface area contributed by atoms with Gasteiger partial charge in [0.25, 0.3) is 0 Å². The lowest BCUT2D eigenvalue weighted by Crippen LogP contribution is -2.32. The lowest BCUT2D eigenvalue weighted by Gasteiger charge is -2.32. The van der Waals surface area contributed by atoms with Crippen LogP contribution in [0.2, 0.25) is 0 Å². The summed E-state index contributed by atoms with van der Waals surface area (Å²) >= 11 is 3.51. The summed E-state index contributed by atoms with van der Waals surface area (Å²) in [6, 6.07) is 2.56. The Bertz CT molecular complexity index is 454. The van der Waals surface area contributed by atoms with E-state index in [0.29, 0.717) is 6.04 Å². The van der Waals surface area contributed by atoms with Crippen molar-refractivity contribution in [2.45, 2.75) is 71.3 Å². The van der Waals surface area contributed by atoms with E-state index in [1.165, 1.54) is 32.1 Å². The van der Waals surface area contributed by atoms with Crippen molar-refractivity contribution in [3.05, 3.63) is 16.5 Å². The standard InChI is InChI=1S/C16H26BrN3/c1-5-11-8-6-7-9-12(11)18-14-10-13(17)19-15(20-14)16(2,3)4/h10-12H,5-9H2,1-4H3,(H,18,19,20). The fourth-order valence-electron chi connectivity index (χ4n) is 2.90. The summed E-state index contributed by atoms with van der Waals surface area (Å²) in [6.07, 6.45) is 6.54. The van der Waals surface area contributed by atoms with Crippen molar-refractivity contribution in [3.63, 3.8) is 0 Å². The largest absolute Gasteiger partial charge is 0.367 e. The van der Waals surface area contributed by atoms with Crippen LogP contribution in [0.3, 0.4) is 0 Å². The molecule has 3 nitrogen and oxygen atoms in total. The molecule has 1 heterocycles. The van der Waals surface area contributed by atoms with Crippen molar-refractivity contribution in [1.82, 2.24) is 9.97 Å². The number of anilines is 1. The minimum absolute atomic E-state index is 0.0308. The monoisotopic (exact) mass is 339 g/mol. The fourth-order valence-corrected chi connectivity index (χ4v) is 3.29. The lowest BCUT2D eigenvalue weighted by molar-refractivity contribution is 0.316. The van der Waals surface area contributed by atoms with E-state index in [1.54, 1.807) is 0 Å². The van der Waals surface area contributed by atoms with Gasteiger partial charge in [-0.3, -0.25) is 0 Å². The number of nitrogens with one attached hydrogen (secondary N) is 1. The van der Waals surface area contributed by atoms with Gasteiger partial charge in [-0.1, -0.05) is 47.0 Å². The predicted molar refractivity (Wildman–Crippen MR) is 88.1 cm³/mol. The Labute approximate surface area is 131 Å². The van der Waals surface area contributed by atoms with Gasteiger partial charge in [-0.2, -0.15) is 0 Å². The Hall–Kier alpha value is -0.640. The second-order valence-electron chi connectivity index (χ2n) is 6.85. The third kappa shape index (κ3) is 3.94. The highest BCUT2D eigenvalue weighted by atomic mass is 79.9. The Balaban J connectivity index is 2.18. The van der Waals surface area contributed by atoms with Gasteiger partial charge in [0.05, 0.1) is 0 Å². The van der Waals surface area contributed by atoms with Crippen LogP contribution < -0.4 is 5.32 Å². The maximum atomic E-state index is 4.72. The average Bonchev–Trinajstić information content (AvgIpc) is 2.37. The minimum atomic E-state index is -0.0308. The van der Waals surface area contributed by atoms with E-state index in [4.69, 9.17) is 4.98 Å². The molecule has 0 aromatic carbocycles. The fraction of sp³-hybridized carbons (Fsp3) is 0.750. The number of hydrogen-bond donors (Lipinski definition) is 1. The van der Waals surface area contributed by atoms with Gasteiger partial charge in [0, 0.05) is 17.5 Å². The van der Waals surface area contributed by atoms with Crippen LogP contribution in [-0.2, 0) is 5.41 Å². The molecule has 0 bridgehead atoms. The second kappa shape index (κ2) is 6.42. The lowest BCUT2D eigenvalue weighted by atomic mass is 9.83.